The summed E-state index contributed by atoms with van der Waals surface area (Å²) in [5, 5.41) is 16.8. The van der Waals surface area contributed by atoms with Gasteiger partial charge in [0.2, 0.25) is 0 Å². The minimum Gasteiger partial charge on any atom is -0.444 e. The molecule has 1 aliphatic rings. The molecule has 30 heavy (non-hydrogen) atoms. The third kappa shape index (κ3) is 6.13. The van der Waals surface area contributed by atoms with E-state index in [4.69, 9.17) is 4.74 Å². The van der Waals surface area contributed by atoms with Crippen LogP contribution >= 0.6 is 11.8 Å². The van der Waals surface area contributed by atoms with Crippen LogP contribution in [0.2, 0.25) is 0 Å². The lowest BCUT2D eigenvalue weighted by Crippen LogP contribution is -2.52. The summed E-state index contributed by atoms with van der Waals surface area (Å²) in [4.78, 5) is 14.1. The predicted molar refractivity (Wildman–Crippen MR) is 125 cm³/mol. The second-order valence-corrected chi connectivity index (χ2v) is 10.7. The van der Waals surface area contributed by atoms with E-state index >= 15 is 0 Å². The number of hydrogen-bond donors (Lipinski definition) is 2. The van der Waals surface area contributed by atoms with Gasteiger partial charge in [0.15, 0.2) is 0 Å². The van der Waals surface area contributed by atoms with E-state index < -0.39 is 11.7 Å². The molecule has 3 rings (SSSR count). The first-order valence-corrected chi connectivity index (χ1v) is 11.7. The smallest absolute Gasteiger partial charge is 0.411 e. The van der Waals surface area contributed by atoms with Gasteiger partial charge in [-0.2, -0.15) is 0 Å². The van der Waals surface area contributed by atoms with Crippen LogP contribution in [-0.4, -0.2) is 57.6 Å². The number of amides is 1. The Bertz CT molecular complexity index is 878. The van der Waals surface area contributed by atoms with E-state index in [9.17, 15) is 9.90 Å². The molecular formula is C24H34N2O3S. The topological polar surface area (TPSA) is 61.8 Å². The normalized spacial score (nSPS) is 18.6. The van der Waals surface area contributed by atoms with E-state index in [1.807, 2.05) is 20.8 Å². The maximum atomic E-state index is 12.5. The summed E-state index contributed by atoms with van der Waals surface area (Å²) in [6.07, 6.45) is -0.157. The molecule has 0 saturated carbocycles. The zero-order chi connectivity index (χ0) is 21.9. The molecular weight excluding hydrogens is 396 g/mol. The first-order valence-electron chi connectivity index (χ1n) is 10.5. The number of aliphatic hydroxyl groups excluding tert-OH is 1. The Labute approximate surface area is 184 Å². The second-order valence-electron chi connectivity index (χ2n) is 9.71. The van der Waals surface area contributed by atoms with Gasteiger partial charge in [-0.15, -0.1) is 11.8 Å². The van der Waals surface area contributed by atoms with Crippen molar-refractivity contribution in [3.05, 3.63) is 48.0 Å². The highest BCUT2D eigenvalue weighted by atomic mass is 32.2. The van der Waals surface area contributed by atoms with Crippen molar-refractivity contribution in [3.63, 3.8) is 0 Å². The highest BCUT2D eigenvalue weighted by molar-refractivity contribution is 7.99. The van der Waals surface area contributed by atoms with E-state index in [0.717, 1.165) is 6.42 Å². The van der Waals surface area contributed by atoms with Crippen LogP contribution < -0.4 is 5.32 Å². The first-order chi connectivity index (χ1) is 14.0. The third-order valence-electron chi connectivity index (χ3n) is 5.24. The summed E-state index contributed by atoms with van der Waals surface area (Å²) >= 11 is 1.65. The van der Waals surface area contributed by atoms with Crippen LogP contribution in [0.25, 0.3) is 10.8 Å². The molecule has 2 aromatic rings. The van der Waals surface area contributed by atoms with E-state index in [-0.39, 0.29) is 17.7 Å². The molecule has 0 spiro atoms. The molecule has 1 fully saturated rings. The number of β-amino-alcohol motifs (C(OH)–C–C–N with tert-alkyl or cyclic N) is 1. The zero-order valence-electron chi connectivity index (χ0n) is 18.6. The number of nitrogens with one attached hydrogen (secondary N) is 1. The Morgan fingerprint density at radius 3 is 2.60 bits per heavy atom. The Morgan fingerprint density at radius 2 is 1.90 bits per heavy atom. The van der Waals surface area contributed by atoms with Crippen molar-refractivity contribution in [1.82, 2.24) is 10.2 Å². The van der Waals surface area contributed by atoms with Gasteiger partial charge in [-0.05, 0) is 57.4 Å². The number of ether oxygens (including phenoxy) is 1. The van der Waals surface area contributed by atoms with Crippen LogP contribution in [0.1, 0.15) is 40.2 Å². The minimum absolute atomic E-state index is 0.189. The van der Waals surface area contributed by atoms with E-state index in [1.165, 1.54) is 16.3 Å². The second kappa shape index (κ2) is 9.16. The number of nitrogens with zero attached hydrogens (tertiary/aromatic N) is 1. The van der Waals surface area contributed by atoms with Crippen molar-refractivity contribution in [2.45, 2.75) is 64.3 Å². The van der Waals surface area contributed by atoms with Gasteiger partial charge in [0.1, 0.15) is 5.60 Å². The molecule has 5 nitrogen and oxygen atoms in total. The zero-order valence-corrected chi connectivity index (χ0v) is 19.5. The summed E-state index contributed by atoms with van der Waals surface area (Å²) in [7, 11) is 0. The van der Waals surface area contributed by atoms with E-state index in [1.54, 1.807) is 16.7 Å². The van der Waals surface area contributed by atoms with Crippen molar-refractivity contribution in [2.75, 3.05) is 18.2 Å². The van der Waals surface area contributed by atoms with Crippen molar-refractivity contribution >= 4 is 28.6 Å². The molecule has 0 bridgehead atoms. The molecule has 2 atom stereocenters. The average Bonchev–Trinajstić information content (AvgIpc) is 3.14. The van der Waals surface area contributed by atoms with Gasteiger partial charge >= 0.3 is 6.09 Å². The maximum absolute atomic E-state index is 12.5. The number of thioether (sulfide) groups is 1. The molecule has 0 aromatic heterocycles. The summed E-state index contributed by atoms with van der Waals surface area (Å²) in [5.41, 5.74) is 0.527. The Hall–Kier alpha value is -1.76. The van der Waals surface area contributed by atoms with Gasteiger partial charge in [0.05, 0.1) is 18.0 Å². The summed E-state index contributed by atoms with van der Waals surface area (Å²) in [6.45, 7) is 10.3. The highest BCUT2D eigenvalue weighted by Crippen LogP contribution is 2.26. The number of aliphatic hydroxyl groups is 1. The summed E-state index contributed by atoms with van der Waals surface area (Å²) in [6, 6.07) is 14.7. The fourth-order valence-corrected chi connectivity index (χ4v) is 4.97. The van der Waals surface area contributed by atoms with Crippen molar-refractivity contribution in [2.24, 2.45) is 0 Å². The average molecular weight is 431 g/mol. The number of carbonyl (C=O) groups is 1. The van der Waals surface area contributed by atoms with E-state index in [0.29, 0.717) is 18.2 Å². The molecule has 2 aromatic carbocycles. The fourth-order valence-electron chi connectivity index (χ4n) is 3.72. The van der Waals surface area contributed by atoms with Gasteiger partial charge in [-0.25, -0.2) is 4.79 Å². The Kier molecular flexibility index (Phi) is 7.00. The standard InChI is InChI=1S/C24H34N2O3S/c1-23(2,3)29-22(28)26-16-30-15-20(26)21(27)14-25-24(4,5)13-17-10-11-18-8-6-7-9-19(18)12-17/h6-12,20-21,25,27H,13-16H2,1-5H3/t20-,21+/m1/s1. The molecule has 1 heterocycles. The molecule has 0 unspecified atom stereocenters. The van der Waals surface area contributed by atoms with Crippen molar-refractivity contribution in [1.29, 1.82) is 0 Å². The Balaban J connectivity index is 1.58. The van der Waals surface area contributed by atoms with Crippen LogP contribution in [0.4, 0.5) is 4.79 Å². The van der Waals surface area contributed by atoms with Crippen LogP contribution in [0.5, 0.6) is 0 Å². The number of benzene rings is 2. The van der Waals surface area contributed by atoms with Crippen LogP contribution in [-0.2, 0) is 11.2 Å². The molecule has 1 amide bonds. The van der Waals surface area contributed by atoms with Gasteiger partial charge < -0.3 is 15.2 Å². The summed E-state index contributed by atoms with van der Waals surface area (Å²) < 4.78 is 5.50. The summed E-state index contributed by atoms with van der Waals surface area (Å²) in [5.74, 6) is 1.27. The highest BCUT2D eigenvalue weighted by Gasteiger charge is 2.37. The quantitative estimate of drug-likeness (QED) is 0.710. The number of hydrogen-bond acceptors (Lipinski definition) is 5. The molecule has 6 heteroatoms. The lowest BCUT2D eigenvalue weighted by atomic mass is 9.93. The molecule has 0 aliphatic carbocycles. The lowest BCUT2D eigenvalue weighted by Gasteiger charge is -2.33. The minimum atomic E-state index is -0.650. The van der Waals surface area contributed by atoms with Gasteiger partial charge in [0.25, 0.3) is 0 Å². The largest absolute Gasteiger partial charge is 0.444 e. The number of fused-ring (bicyclic) bond motifs is 1. The first kappa shape index (κ1) is 22.9. The number of rotatable bonds is 6. The monoisotopic (exact) mass is 430 g/mol. The SMILES string of the molecule is CC(C)(Cc1ccc2ccccc2c1)NC[C@H](O)[C@H]1CSCN1C(=O)OC(C)(C)C. The predicted octanol–water partition coefficient (Wildman–Crippen LogP) is 4.42. The Morgan fingerprint density at radius 1 is 1.20 bits per heavy atom. The van der Waals surface area contributed by atoms with Gasteiger partial charge in [-0.1, -0.05) is 42.5 Å². The lowest BCUT2D eigenvalue weighted by molar-refractivity contribution is 0.00653. The maximum Gasteiger partial charge on any atom is 0.411 e. The van der Waals surface area contributed by atoms with E-state index in [2.05, 4.69) is 61.6 Å². The molecule has 0 radical (unpaired) electrons. The van der Waals surface area contributed by atoms with Crippen LogP contribution in [0.3, 0.4) is 0 Å². The van der Waals surface area contributed by atoms with Crippen LogP contribution in [0, 0.1) is 0 Å². The molecule has 164 valence electrons. The van der Waals surface area contributed by atoms with Gasteiger partial charge in [0, 0.05) is 17.8 Å². The molecule has 2 N–H and O–H groups in total. The third-order valence-corrected chi connectivity index (χ3v) is 6.28. The van der Waals surface area contributed by atoms with Crippen LogP contribution in [0.15, 0.2) is 42.5 Å². The fraction of sp³-hybridized carbons (Fsp3) is 0.542. The molecule has 1 aliphatic heterocycles. The number of carbonyl (C=O) groups excluding carboxylic acids is 1. The molecule has 1 saturated heterocycles. The van der Waals surface area contributed by atoms with Crippen molar-refractivity contribution in [3.8, 4) is 0 Å². The van der Waals surface area contributed by atoms with Crippen molar-refractivity contribution < 1.29 is 14.6 Å². The van der Waals surface area contributed by atoms with Gasteiger partial charge in [-0.3, -0.25) is 4.90 Å².